The van der Waals surface area contributed by atoms with Crippen molar-refractivity contribution in [1.82, 2.24) is 5.32 Å². The van der Waals surface area contributed by atoms with Gasteiger partial charge in [-0.15, -0.1) is 0 Å². The quantitative estimate of drug-likeness (QED) is 0.808. The zero-order chi connectivity index (χ0) is 14.3. The first-order valence-corrected chi connectivity index (χ1v) is 6.67. The number of hydrogen-bond acceptors (Lipinski definition) is 2. The van der Waals surface area contributed by atoms with E-state index in [0.29, 0.717) is 11.4 Å². The summed E-state index contributed by atoms with van der Waals surface area (Å²) in [6.07, 6.45) is 2.26. The van der Waals surface area contributed by atoms with E-state index in [9.17, 15) is 9.59 Å². The van der Waals surface area contributed by atoms with E-state index in [2.05, 4.69) is 5.32 Å². The molecule has 1 aromatic rings. The molecule has 1 rings (SSSR count). The minimum absolute atomic E-state index is 0.135. The van der Waals surface area contributed by atoms with Crippen LogP contribution in [0.25, 0.3) is 0 Å². The molecule has 5 heteroatoms. The highest BCUT2D eigenvalue weighted by atomic mass is 35.5. The van der Waals surface area contributed by atoms with Crippen LogP contribution in [0.1, 0.15) is 31.7 Å². The molecule has 1 aromatic carbocycles. The molecule has 0 fully saturated rings. The smallest absolute Gasteiger partial charge is 0.326 e. The van der Waals surface area contributed by atoms with E-state index in [4.69, 9.17) is 16.7 Å². The number of carbonyl (C=O) groups excluding carboxylic acids is 1. The molecular formula is C14H18ClNO3. The molecule has 0 saturated carbocycles. The highest BCUT2D eigenvalue weighted by molar-refractivity contribution is 6.30. The normalized spacial score (nSPS) is 11.9. The van der Waals surface area contributed by atoms with Gasteiger partial charge in [0.1, 0.15) is 6.04 Å². The molecule has 0 aliphatic carbocycles. The van der Waals surface area contributed by atoms with Crippen LogP contribution in [0.3, 0.4) is 0 Å². The predicted molar refractivity (Wildman–Crippen MR) is 74.2 cm³/mol. The van der Waals surface area contributed by atoms with E-state index < -0.39 is 12.0 Å². The molecule has 1 atom stereocenters. The van der Waals surface area contributed by atoms with Gasteiger partial charge in [-0.2, -0.15) is 0 Å². The monoisotopic (exact) mass is 283 g/mol. The van der Waals surface area contributed by atoms with Crippen molar-refractivity contribution in [2.24, 2.45) is 0 Å². The Morgan fingerprint density at radius 3 is 2.74 bits per heavy atom. The van der Waals surface area contributed by atoms with Gasteiger partial charge in [0.2, 0.25) is 5.91 Å². The Kier molecular flexibility index (Phi) is 6.36. The Morgan fingerprint density at radius 1 is 1.42 bits per heavy atom. The van der Waals surface area contributed by atoms with Crippen molar-refractivity contribution in [2.75, 3.05) is 0 Å². The molecule has 0 radical (unpaired) electrons. The number of amides is 1. The molecule has 0 aliphatic heterocycles. The lowest BCUT2D eigenvalue weighted by atomic mass is 10.1. The van der Waals surface area contributed by atoms with Gasteiger partial charge in [-0.25, -0.2) is 4.79 Å². The molecule has 0 saturated heterocycles. The summed E-state index contributed by atoms with van der Waals surface area (Å²) in [5, 5.41) is 12.1. The Bertz CT molecular complexity index is 448. The number of unbranched alkanes of at least 4 members (excludes halogenated alkanes) is 1. The lowest BCUT2D eigenvalue weighted by Gasteiger charge is -2.14. The number of carboxylic acids is 1. The number of aliphatic carboxylic acids is 1. The first-order valence-electron chi connectivity index (χ1n) is 6.29. The average Bonchev–Trinajstić information content (AvgIpc) is 2.34. The van der Waals surface area contributed by atoms with E-state index in [0.717, 1.165) is 18.4 Å². The van der Waals surface area contributed by atoms with Crippen LogP contribution >= 0.6 is 11.6 Å². The summed E-state index contributed by atoms with van der Waals surface area (Å²) in [6, 6.07) is 6.16. The van der Waals surface area contributed by atoms with Gasteiger partial charge < -0.3 is 10.4 Å². The summed E-state index contributed by atoms with van der Waals surface area (Å²) in [5.74, 6) is -1.29. The van der Waals surface area contributed by atoms with E-state index in [1.165, 1.54) is 0 Å². The van der Waals surface area contributed by atoms with Crippen LogP contribution in [0.5, 0.6) is 0 Å². The number of carbonyl (C=O) groups is 2. The van der Waals surface area contributed by atoms with Crippen LogP contribution in [0.4, 0.5) is 0 Å². The van der Waals surface area contributed by atoms with Crippen LogP contribution in [0, 0.1) is 0 Å². The second kappa shape index (κ2) is 7.79. The van der Waals surface area contributed by atoms with Crippen molar-refractivity contribution in [3.8, 4) is 0 Å². The molecule has 1 amide bonds. The highest BCUT2D eigenvalue weighted by Crippen LogP contribution is 2.11. The lowest BCUT2D eigenvalue weighted by Crippen LogP contribution is -2.41. The molecular weight excluding hydrogens is 266 g/mol. The molecule has 2 N–H and O–H groups in total. The molecule has 0 unspecified atom stereocenters. The summed E-state index contributed by atoms with van der Waals surface area (Å²) in [5.41, 5.74) is 0.768. The van der Waals surface area contributed by atoms with E-state index >= 15 is 0 Å². The summed E-state index contributed by atoms with van der Waals surface area (Å²) < 4.78 is 0. The van der Waals surface area contributed by atoms with E-state index in [1.807, 2.05) is 6.92 Å². The molecule has 0 aliphatic rings. The molecule has 104 valence electrons. The van der Waals surface area contributed by atoms with Crippen LogP contribution < -0.4 is 5.32 Å². The zero-order valence-corrected chi connectivity index (χ0v) is 11.6. The Hall–Kier alpha value is -1.55. The Morgan fingerprint density at radius 2 is 2.16 bits per heavy atom. The van der Waals surface area contributed by atoms with E-state index in [1.54, 1.807) is 24.3 Å². The topological polar surface area (TPSA) is 66.4 Å². The maximum Gasteiger partial charge on any atom is 0.326 e. The maximum absolute atomic E-state index is 11.8. The molecule has 0 heterocycles. The van der Waals surface area contributed by atoms with Gasteiger partial charge in [0.05, 0.1) is 6.42 Å². The fourth-order valence-electron chi connectivity index (χ4n) is 1.74. The molecule has 0 spiro atoms. The van der Waals surface area contributed by atoms with Gasteiger partial charge in [0, 0.05) is 5.02 Å². The van der Waals surface area contributed by atoms with Gasteiger partial charge in [-0.3, -0.25) is 4.79 Å². The van der Waals surface area contributed by atoms with Crippen LogP contribution in [-0.4, -0.2) is 23.0 Å². The van der Waals surface area contributed by atoms with Crippen molar-refractivity contribution < 1.29 is 14.7 Å². The van der Waals surface area contributed by atoms with Gasteiger partial charge in [0.15, 0.2) is 0 Å². The Balaban J connectivity index is 2.55. The minimum Gasteiger partial charge on any atom is -0.480 e. The standard InChI is InChI=1S/C14H18ClNO3/c1-2-3-7-12(14(18)19)16-13(17)9-10-5-4-6-11(15)8-10/h4-6,8,12H,2-3,7,9H2,1H3,(H,16,17)(H,18,19)/t12-/m0/s1. The molecule has 0 bridgehead atoms. The lowest BCUT2D eigenvalue weighted by molar-refractivity contribution is -0.142. The van der Waals surface area contributed by atoms with Crippen LogP contribution in [-0.2, 0) is 16.0 Å². The largest absolute Gasteiger partial charge is 0.480 e. The molecule has 4 nitrogen and oxygen atoms in total. The minimum atomic E-state index is -0.993. The average molecular weight is 284 g/mol. The van der Waals surface area contributed by atoms with Crippen LogP contribution in [0.15, 0.2) is 24.3 Å². The van der Waals surface area contributed by atoms with Gasteiger partial charge in [-0.1, -0.05) is 43.5 Å². The number of hydrogen-bond donors (Lipinski definition) is 2. The number of nitrogens with one attached hydrogen (secondary N) is 1. The first-order chi connectivity index (χ1) is 9.02. The SMILES string of the molecule is CCCC[C@H](NC(=O)Cc1cccc(Cl)c1)C(=O)O. The molecule has 0 aromatic heterocycles. The number of rotatable bonds is 7. The second-order valence-electron chi connectivity index (χ2n) is 4.41. The second-order valence-corrected chi connectivity index (χ2v) is 4.84. The summed E-state index contributed by atoms with van der Waals surface area (Å²) >= 11 is 5.83. The van der Waals surface area contributed by atoms with Gasteiger partial charge in [0.25, 0.3) is 0 Å². The van der Waals surface area contributed by atoms with Crippen molar-refractivity contribution in [3.63, 3.8) is 0 Å². The van der Waals surface area contributed by atoms with Gasteiger partial charge >= 0.3 is 5.97 Å². The van der Waals surface area contributed by atoms with Crippen LogP contribution in [0.2, 0.25) is 5.02 Å². The molecule has 19 heavy (non-hydrogen) atoms. The third-order valence-corrected chi connectivity index (χ3v) is 2.97. The Labute approximate surface area is 117 Å². The maximum atomic E-state index is 11.8. The third kappa shape index (κ3) is 5.75. The first kappa shape index (κ1) is 15.5. The van der Waals surface area contributed by atoms with Crippen molar-refractivity contribution in [1.29, 1.82) is 0 Å². The highest BCUT2D eigenvalue weighted by Gasteiger charge is 2.19. The fraction of sp³-hybridized carbons (Fsp3) is 0.429. The van der Waals surface area contributed by atoms with Gasteiger partial charge in [-0.05, 0) is 24.1 Å². The fourth-order valence-corrected chi connectivity index (χ4v) is 1.96. The van der Waals surface area contributed by atoms with Crippen molar-refractivity contribution in [2.45, 2.75) is 38.6 Å². The predicted octanol–water partition coefficient (Wildman–Crippen LogP) is 2.64. The van der Waals surface area contributed by atoms with E-state index in [-0.39, 0.29) is 12.3 Å². The van der Waals surface area contributed by atoms with Crippen molar-refractivity contribution in [3.05, 3.63) is 34.9 Å². The summed E-state index contributed by atoms with van der Waals surface area (Å²) in [6.45, 7) is 1.98. The number of halogens is 1. The summed E-state index contributed by atoms with van der Waals surface area (Å²) in [7, 11) is 0. The number of benzene rings is 1. The van der Waals surface area contributed by atoms with Crippen molar-refractivity contribution >= 4 is 23.5 Å². The zero-order valence-electron chi connectivity index (χ0n) is 10.9. The summed E-state index contributed by atoms with van der Waals surface area (Å²) in [4.78, 5) is 22.8. The third-order valence-electron chi connectivity index (χ3n) is 2.73. The number of carboxylic acid groups (broad SMARTS) is 1.